The lowest BCUT2D eigenvalue weighted by Gasteiger charge is -2.14. The average molecular weight is 298 g/mol. The van der Waals surface area contributed by atoms with Crippen molar-refractivity contribution in [3.05, 3.63) is 71.3 Å². The van der Waals surface area contributed by atoms with E-state index in [4.69, 9.17) is 10.5 Å². The fourth-order valence-corrected chi connectivity index (χ4v) is 2.30. The first-order chi connectivity index (χ1) is 10.7. The number of rotatable bonds is 7. The standard InChI is InChI=1S/C18H22N2O2/c1-22-13-16-10-6-5-9-15(16)12-20-18(21)17(19)11-14-7-3-2-4-8-14/h2-10,17H,11-13,19H2,1H3,(H,20,21)/t17-/m0/s1. The molecule has 2 rings (SSSR count). The molecule has 1 atom stereocenters. The number of hydrogen-bond acceptors (Lipinski definition) is 3. The lowest BCUT2D eigenvalue weighted by atomic mass is 10.1. The van der Waals surface area contributed by atoms with Crippen molar-refractivity contribution in [1.29, 1.82) is 0 Å². The molecule has 0 radical (unpaired) electrons. The molecule has 116 valence electrons. The first kappa shape index (κ1) is 16.2. The van der Waals surface area contributed by atoms with Gasteiger partial charge in [-0.15, -0.1) is 0 Å². The molecule has 4 heteroatoms. The van der Waals surface area contributed by atoms with Gasteiger partial charge in [-0.2, -0.15) is 0 Å². The maximum atomic E-state index is 12.1. The van der Waals surface area contributed by atoms with Crippen molar-refractivity contribution >= 4 is 5.91 Å². The molecule has 0 saturated carbocycles. The Balaban J connectivity index is 1.89. The van der Waals surface area contributed by atoms with Gasteiger partial charge in [0.25, 0.3) is 0 Å². The normalized spacial score (nSPS) is 11.9. The van der Waals surface area contributed by atoms with E-state index in [9.17, 15) is 4.79 Å². The summed E-state index contributed by atoms with van der Waals surface area (Å²) in [7, 11) is 1.66. The Kier molecular flexibility index (Phi) is 6.13. The average Bonchev–Trinajstić information content (AvgIpc) is 2.55. The van der Waals surface area contributed by atoms with E-state index < -0.39 is 6.04 Å². The molecule has 0 saturated heterocycles. The first-order valence-corrected chi connectivity index (χ1v) is 7.33. The van der Waals surface area contributed by atoms with Crippen molar-refractivity contribution in [2.75, 3.05) is 7.11 Å². The van der Waals surface area contributed by atoms with Crippen LogP contribution < -0.4 is 11.1 Å². The van der Waals surface area contributed by atoms with Gasteiger partial charge in [-0.1, -0.05) is 54.6 Å². The van der Waals surface area contributed by atoms with Crippen LogP contribution in [0.5, 0.6) is 0 Å². The number of hydrogen-bond donors (Lipinski definition) is 2. The van der Waals surface area contributed by atoms with Crippen LogP contribution in [0, 0.1) is 0 Å². The summed E-state index contributed by atoms with van der Waals surface area (Å²) in [5, 5.41) is 2.90. The van der Waals surface area contributed by atoms with Crippen molar-refractivity contribution in [1.82, 2.24) is 5.32 Å². The Morgan fingerprint density at radius 3 is 2.41 bits per heavy atom. The minimum Gasteiger partial charge on any atom is -0.380 e. The van der Waals surface area contributed by atoms with Crippen LogP contribution in [-0.4, -0.2) is 19.1 Å². The zero-order valence-electron chi connectivity index (χ0n) is 12.8. The third-order valence-electron chi connectivity index (χ3n) is 3.51. The smallest absolute Gasteiger partial charge is 0.237 e. The van der Waals surface area contributed by atoms with E-state index in [1.807, 2.05) is 54.6 Å². The van der Waals surface area contributed by atoms with E-state index in [1.165, 1.54) is 0 Å². The third kappa shape index (κ3) is 4.69. The van der Waals surface area contributed by atoms with Gasteiger partial charge < -0.3 is 15.8 Å². The van der Waals surface area contributed by atoms with Crippen molar-refractivity contribution in [3.8, 4) is 0 Å². The Hall–Kier alpha value is -2.17. The fourth-order valence-electron chi connectivity index (χ4n) is 2.30. The minimum atomic E-state index is -0.544. The second kappa shape index (κ2) is 8.32. The largest absolute Gasteiger partial charge is 0.380 e. The molecule has 0 aliphatic heterocycles. The van der Waals surface area contributed by atoms with E-state index >= 15 is 0 Å². The molecule has 4 nitrogen and oxygen atoms in total. The predicted molar refractivity (Wildman–Crippen MR) is 87.1 cm³/mol. The van der Waals surface area contributed by atoms with Gasteiger partial charge in [-0.3, -0.25) is 4.79 Å². The van der Waals surface area contributed by atoms with Gasteiger partial charge in [-0.05, 0) is 23.1 Å². The monoisotopic (exact) mass is 298 g/mol. The SMILES string of the molecule is COCc1ccccc1CNC(=O)[C@@H](N)Cc1ccccc1. The van der Waals surface area contributed by atoms with Crippen molar-refractivity contribution < 1.29 is 9.53 Å². The molecule has 2 aromatic carbocycles. The van der Waals surface area contributed by atoms with Gasteiger partial charge in [0, 0.05) is 13.7 Å². The van der Waals surface area contributed by atoms with Crippen LogP contribution in [-0.2, 0) is 29.1 Å². The van der Waals surface area contributed by atoms with Crippen LogP contribution in [0.2, 0.25) is 0 Å². The van der Waals surface area contributed by atoms with Crippen LogP contribution in [0.4, 0.5) is 0 Å². The van der Waals surface area contributed by atoms with Crippen molar-refractivity contribution in [2.45, 2.75) is 25.6 Å². The van der Waals surface area contributed by atoms with E-state index in [0.29, 0.717) is 19.6 Å². The van der Waals surface area contributed by atoms with Gasteiger partial charge in [-0.25, -0.2) is 0 Å². The number of benzene rings is 2. The molecule has 1 amide bonds. The summed E-state index contributed by atoms with van der Waals surface area (Å²) >= 11 is 0. The highest BCUT2D eigenvalue weighted by atomic mass is 16.5. The lowest BCUT2D eigenvalue weighted by molar-refractivity contribution is -0.122. The maximum Gasteiger partial charge on any atom is 0.237 e. The topological polar surface area (TPSA) is 64.3 Å². The molecule has 0 fully saturated rings. The molecule has 0 spiro atoms. The number of amides is 1. The summed E-state index contributed by atoms with van der Waals surface area (Å²) in [5.74, 6) is -0.143. The van der Waals surface area contributed by atoms with Gasteiger partial charge in [0.2, 0.25) is 5.91 Å². The van der Waals surface area contributed by atoms with E-state index in [2.05, 4.69) is 5.32 Å². The Morgan fingerprint density at radius 2 is 1.73 bits per heavy atom. The van der Waals surface area contributed by atoms with Crippen LogP contribution in [0.3, 0.4) is 0 Å². The second-order valence-electron chi connectivity index (χ2n) is 5.22. The Morgan fingerprint density at radius 1 is 1.09 bits per heavy atom. The first-order valence-electron chi connectivity index (χ1n) is 7.33. The molecular weight excluding hydrogens is 276 g/mol. The number of carbonyl (C=O) groups excluding carboxylic acids is 1. The summed E-state index contributed by atoms with van der Waals surface area (Å²) in [6.45, 7) is 0.989. The van der Waals surface area contributed by atoms with Crippen molar-refractivity contribution in [2.24, 2.45) is 5.73 Å². The van der Waals surface area contributed by atoms with Gasteiger partial charge in [0.15, 0.2) is 0 Å². The van der Waals surface area contributed by atoms with E-state index in [1.54, 1.807) is 7.11 Å². The quantitative estimate of drug-likeness (QED) is 0.822. The highest BCUT2D eigenvalue weighted by Gasteiger charge is 2.14. The zero-order chi connectivity index (χ0) is 15.8. The number of nitrogens with one attached hydrogen (secondary N) is 1. The van der Waals surface area contributed by atoms with Crippen LogP contribution in [0.1, 0.15) is 16.7 Å². The molecule has 0 unspecified atom stereocenters. The molecule has 3 N–H and O–H groups in total. The van der Waals surface area contributed by atoms with E-state index in [0.717, 1.165) is 16.7 Å². The zero-order valence-corrected chi connectivity index (χ0v) is 12.8. The molecule has 0 aliphatic rings. The number of methoxy groups -OCH3 is 1. The summed E-state index contributed by atoms with van der Waals surface area (Å²) in [6, 6.07) is 17.1. The Bertz CT molecular complexity index is 599. The van der Waals surface area contributed by atoms with Crippen LogP contribution in [0.25, 0.3) is 0 Å². The maximum absolute atomic E-state index is 12.1. The third-order valence-corrected chi connectivity index (χ3v) is 3.51. The van der Waals surface area contributed by atoms with Gasteiger partial charge >= 0.3 is 0 Å². The highest BCUT2D eigenvalue weighted by molar-refractivity contribution is 5.81. The predicted octanol–water partition coefficient (Wildman–Crippen LogP) is 2.02. The summed E-state index contributed by atoms with van der Waals surface area (Å²) in [5.41, 5.74) is 9.15. The summed E-state index contributed by atoms with van der Waals surface area (Å²) in [6.07, 6.45) is 0.534. The second-order valence-corrected chi connectivity index (χ2v) is 5.22. The molecular formula is C18H22N2O2. The van der Waals surface area contributed by atoms with Gasteiger partial charge in [0.05, 0.1) is 12.6 Å². The Labute approximate surface area is 131 Å². The molecule has 0 aromatic heterocycles. The molecule has 22 heavy (non-hydrogen) atoms. The van der Waals surface area contributed by atoms with Crippen LogP contribution >= 0.6 is 0 Å². The number of ether oxygens (including phenoxy) is 1. The molecule has 0 bridgehead atoms. The van der Waals surface area contributed by atoms with Crippen LogP contribution in [0.15, 0.2) is 54.6 Å². The lowest BCUT2D eigenvalue weighted by Crippen LogP contribution is -2.41. The van der Waals surface area contributed by atoms with E-state index in [-0.39, 0.29) is 5.91 Å². The fraction of sp³-hybridized carbons (Fsp3) is 0.278. The summed E-state index contributed by atoms with van der Waals surface area (Å²) in [4.78, 5) is 12.1. The molecule has 0 heterocycles. The van der Waals surface area contributed by atoms with Crippen molar-refractivity contribution in [3.63, 3.8) is 0 Å². The minimum absolute atomic E-state index is 0.143. The number of nitrogens with two attached hydrogens (primary N) is 1. The number of carbonyl (C=O) groups is 1. The van der Waals surface area contributed by atoms with Gasteiger partial charge in [0.1, 0.15) is 0 Å². The molecule has 0 aliphatic carbocycles. The highest BCUT2D eigenvalue weighted by Crippen LogP contribution is 2.10. The molecule has 2 aromatic rings. The summed E-state index contributed by atoms with van der Waals surface area (Å²) < 4.78 is 5.16.